The zero-order chi connectivity index (χ0) is 24.6. The topological polar surface area (TPSA) is 128 Å². The number of sulfonamides is 1. The molecular weight excluding hydrogens is 482 g/mol. The molecule has 0 aliphatic heterocycles. The zero-order valence-corrected chi connectivity index (χ0v) is 20.1. The van der Waals surface area contributed by atoms with Crippen LogP contribution in [0.4, 0.5) is 11.6 Å². The summed E-state index contributed by atoms with van der Waals surface area (Å²) >= 11 is 1.22. The van der Waals surface area contributed by atoms with Gasteiger partial charge in [0.05, 0.1) is 16.3 Å². The molecule has 0 aliphatic rings. The number of hydrogen-bond donors (Lipinski definition) is 2. The van der Waals surface area contributed by atoms with E-state index < -0.39 is 10.0 Å². The predicted octanol–water partition coefficient (Wildman–Crippen LogP) is 4.68. The first-order chi connectivity index (χ1) is 16.8. The van der Waals surface area contributed by atoms with Crippen molar-refractivity contribution >= 4 is 49.0 Å². The fraction of sp³-hybridized carbons (Fsp3) is 0.0400. The highest BCUT2D eigenvalue weighted by molar-refractivity contribution is 7.92. The van der Waals surface area contributed by atoms with E-state index in [-0.39, 0.29) is 16.6 Å². The van der Waals surface area contributed by atoms with E-state index in [1.165, 1.54) is 41.8 Å². The number of anilines is 2. The highest BCUT2D eigenvalue weighted by Gasteiger charge is 2.21. The average molecular weight is 502 g/mol. The van der Waals surface area contributed by atoms with E-state index in [9.17, 15) is 13.2 Å². The third kappa shape index (κ3) is 4.48. The number of carbonyl (C=O) groups excluding carboxylic acids is 1. The van der Waals surface area contributed by atoms with E-state index in [2.05, 4.69) is 19.7 Å². The fourth-order valence-corrected chi connectivity index (χ4v) is 5.54. The van der Waals surface area contributed by atoms with Gasteiger partial charge in [0, 0.05) is 28.4 Å². The highest BCUT2D eigenvalue weighted by atomic mass is 32.2. The van der Waals surface area contributed by atoms with Crippen LogP contribution in [0.5, 0.6) is 0 Å². The van der Waals surface area contributed by atoms with E-state index in [0.29, 0.717) is 32.0 Å². The number of hydrogen-bond acceptors (Lipinski definition) is 8. The van der Waals surface area contributed by atoms with Crippen molar-refractivity contribution in [3.63, 3.8) is 0 Å². The molecule has 3 heterocycles. The maximum atomic E-state index is 13.2. The van der Waals surface area contributed by atoms with Crippen molar-refractivity contribution in [2.75, 3.05) is 10.5 Å². The summed E-state index contributed by atoms with van der Waals surface area (Å²) in [5, 5.41) is 0.708. The van der Waals surface area contributed by atoms with Gasteiger partial charge in [0.1, 0.15) is 9.71 Å². The summed E-state index contributed by atoms with van der Waals surface area (Å²) in [4.78, 5) is 26.9. The molecule has 0 fully saturated rings. The number of aromatic nitrogens is 3. The van der Waals surface area contributed by atoms with Crippen molar-refractivity contribution in [2.45, 2.75) is 11.8 Å². The molecule has 0 saturated carbocycles. The highest BCUT2D eigenvalue weighted by Crippen LogP contribution is 2.35. The summed E-state index contributed by atoms with van der Waals surface area (Å²) in [6.07, 6.45) is 1.47. The van der Waals surface area contributed by atoms with Crippen LogP contribution >= 0.6 is 11.3 Å². The van der Waals surface area contributed by atoms with Crippen molar-refractivity contribution in [3.05, 3.63) is 95.1 Å². The van der Waals surface area contributed by atoms with Crippen LogP contribution in [-0.4, -0.2) is 29.2 Å². The number of fused-ring (bicyclic) bond motifs is 1. The smallest absolute Gasteiger partial charge is 0.264 e. The molecular formula is C25H19N5O3S2. The number of aryl methyl sites for hydroxylation is 1. The summed E-state index contributed by atoms with van der Waals surface area (Å²) in [6, 6.07) is 20.8. The minimum absolute atomic E-state index is 0.0161. The molecule has 0 amide bonds. The average Bonchev–Trinajstić information content (AvgIpc) is 3.19. The molecule has 3 N–H and O–H groups in total. The fourth-order valence-electron chi connectivity index (χ4n) is 3.53. The largest absolute Gasteiger partial charge is 0.397 e. The Bertz CT molecular complexity index is 1670. The quantitative estimate of drug-likeness (QED) is 0.323. The Morgan fingerprint density at radius 1 is 0.943 bits per heavy atom. The second kappa shape index (κ2) is 8.90. The molecule has 0 aliphatic carbocycles. The van der Waals surface area contributed by atoms with E-state index >= 15 is 0 Å². The van der Waals surface area contributed by atoms with Gasteiger partial charge in [-0.1, -0.05) is 30.3 Å². The third-order valence-electron chi connectivity index (χ3n) is 5.32. The number of thiophene rings is 1. The van der Waals surface area contributed by atoms with Gasteiger partial charge in [0.25, 0.3) is 10.0 Å². The molecule has 2 aromatic carbocycles. The maximum Gasteiger partial charge on any atom is 0.264 e. The Morgan fingerprint density at radius 3 is 2.40 bits per heavy atom. The second-order valence-electron chi connectivity index (χ2n) is 7.74. The molecule has 35 heavy (non-hydrogen) atoms. The normalized spacial score (nSPS) is 11.5. The minimum atomic E-state index is -3.92. The molecule has 0 atom stereocenters. The number of rotatable bonds is 6. The first-order valence-electron chi connectivity index (χ1n) is 10.5. The zero-order valence-electron chi connectivity index (χ0n) is 18.5. The van der Waals surface area contributed by atoms with Gasteiger partial charge in [0.15, 0.2) is 0 Å². The summed E-state index contributed by atoms with van der Waals surface area (Å²) in [5.74, 6) is -0.323. The molecule has 0 unspecified atom stereocenters. The lowest BCUT2D eigenvalue weighted by Crippen LogP contribution is -2.15. The van der Waals surface area contributed by atoms with Crippen molar-refractivity contribution < 1.29 is 13.2 Å². The lowest BCUT2D eigenvalue weighted by molar-refractivity contribution is 0.104. The number of nitrogens with zero attached hydrogens (tertiary/aromatic N) is 3. The van der Waals surface area contributed by atoms with Crippen LogP contribution in [0.3, 0.4) is 0 Å². The van der Waals surface area contributed by atoms with Gasteiger partial charge < -0.3 is 5.73 Å². The molecule has 0 bridgehead atoms. The molecule has 5 aromatic rings. The molecule has 8 nitrogen and oxygen atoms in total. The van der Waals surface area contributed by atoms with Gasteiger partial charge in [-0.05, 0) is 49.4 Å². The number of benzene rings is 2. The Kier molecular flexibility index (Phi) is 5.75. The van der Waals surface area contributed by atoms with Gasteiger partial charge in [0.2, 0.25) is 11.7 Å². The molecule has 3 aromatic heterocycles. The van der Waals surface area contributed by atoms with Crippen molar-refractivity contribution in [3.8, 4) is 11.3 Å². The van der Waals surface area contributed by atoms with Crippen molar-refractivity contribution in [1.82, 2.24) is 15.0 Å². The Hall–Kier alpha value is -4.15. The van der Waals surface area contributed by atoms with Gasteiger partial charge in [-0.3, -0.25) is 4.79 Å². The summed E-state index contributed by atoms with van der Waals surface area (Å²) in [6.45, 7) is 1.73. The first-order valence-corrected chi connectivity index (χ1v) is 12.8. The molecule has 174 valence electrons. The monoisotopic (exact) mass is 501 g/mol. The van der Waals surface area contributed by atoms with E-state index in [1.54, 1.807) is 13.0 Å². The summed E-state index contributed by atoms with van der Waals surface area (Å²) in [5.41, 5.74) is 9.36. The van der Waals surface area contributed by atoms with Crippen molar-refractivity contribution in [2.24, 2.45) is 0 Å². The lowest BCUT2D eigenvalue weighted by Gasteiger charge is -2.07. The third-order valence-corrected chi connectivity index (χ3v) is 7.77. The number of pyridine rings is 1. The first kappa shape index (κ1) is 22.6. The number of carbonyl (C=O) groups is 1. The van der Waals surface area contributed by atoms with Crippen LogP contribution < -0.4 is 10.5 Å². The second-order valence-corrected chi connectivity index (χ2v) is 10.4. The Labute approximate surface area is 205 Å². The van der Waals surface area contributed by atoms with E-state index in [4.69, 9.17) is 5.73 Å². The molecule has 5 rings (SSSR count). The van der Waals surface area contributed by atoms with Gasteiger partial charge >= 0.3 is 0 Å². The van der Waals surface area contributed by atoms with Gasteiger partial charge in [-0.25, -0.2) is 28.1 Å². The van der Waals surface area contributed by atoms with E-state index in [1.807, 2.05) is 42.5 Å². The van der Waals surface area contributed by atoms with Gasteiger partial charge in [-0.2, -0.15) is 0 Å². The van der Waals surface area contributed by atoms with Crippen LogP contribution in [0.15, 0.2) is 83.9 Å². The maximum absolute atomic E-state index is 13.2. The molecule has 10 heteroatoms. The Morgan fingerprint density at radius 2 is 1.69 bits per heavy atom. The van der Waals surface area contributed by atoms with Crippen LogP contribution in [0, 0.1) is 6.92 Å². The number of nitrogen functional groups attached to an aromatic ring is 1. The van der Waals surface area contributed by atoms with Gasteiger partial charge in [-0.15, -0.1) is 11.3 Å². The number of ketones is 1. The minimum Gasteiger partial charge on any atom is -0.397 e. The van der Waals surface area contributed by atoms with E-state index in [0.717, 1.165) is 11.3 Å². The molecule has 0 spiro atoms. The Balaban J connectivity index is 1.42. The number of nitrogens with one attached hydrogen (secondary N) is 1. The van der Waals surface area contributed by atoms with Crippen LogP contribution in [0.25, 0.3) is 21.5 Å². The standard InChI is InChI=1S/C25H19N5O3S2/c1-15-13-14-27-25(28-15)30-35(32,33)18-9-7-17(8-10-18)22(31)23-21(26)19-11-12-20(29-24(19)34-23)16-5-3-2-4-6-16/h2-14H,26H2,1H3,(H,27,28,30). The summed E-state index contributed by atoms with van der Waals surface area (Å²) in [7, 11) is -3.92. The predicted molar refractivity (Wildman–Crippen MR) is 137 cm³/mol. The van der Waals surface area contributed by atoms with Crippen molar-refractivity contribution in [1.29, 1.82) is 0 Å². The number of nitrogens with two attached hydrogens (primary N) is 1. The molecule has 0 radical (unpaired) electrons. The molecule has 0 saturated heterocycles. The van der Waals surface area contributed by atoms with Crippen LogP contribution in [-0.2, 0) is 10.0 Å². The summed E-state index contributed by atoms with van der Waals surface area (Å²) < 4.78 is 27.7. The van der Waals surface area contributed by atoms with Crippen LogP contribution in [0.1, 0.15) is 20.9 Å². The SMILES string of the molecule is Cc1ccnc(NS(=O)(=O)c2ccc(C(=O)c3sc4nc(-c5ccccc5)ccc4c3N)cc2)n1. The lowest BCUT2D eigenvalue weighted by atomic mass is 10.1. The van der Waals surface area contributed by atoms with Crippen LogP contribution in [0.2, 0.25) is 0 Å².